The lowest BCUT2D eigenvalue weighted by molar-refractivity contribution is -0.0289. The van der Waals surface area contributed by atoms with Gasteiger partial charge in [-0.3, -0.25) is 0 Å². The normalized spacial score (nSPS) is 35.9. The molecule has 3 unspecified atom stereocenters. The number of rotatable bonds is 4. The van der Waals surface area contributed by atoms with E-state index < -0.39 is 0 Å². The molecule has 3 nitrogen and oxygen atoms in total. The zero-order valence-electron chi connectivity index (χ0n) is 14.6. The molecule has 2 fully saturated rings. The minimum atomic E-state index is 0.183. The van der Waals surface area contributed by atoms with Gasteiger partial charge in [-0.05, 0) is 33.6 Å². The molecule has 2 rings (SSSR count). The van der Waals surface area contributed by atoms with E-state index in [9.17, 15) is 0 Å². The highest BCUT2D eigenvalue weighted by Crippen LogP contribution is 2.33. The monoisotopic (exact) mass is 314 g/mol. The summed E-state index contributed by atoms with van der Waals surface area (Å²) in [6.45, 7) is 18.1. The Hall–Kier alpha value is 0.230. The van der Waals surface area contributed by atoms with Crippen molar-refractivity contribution in [1.82, 2.24) is 10.2 Å². The van der Waals surface area contributed by atoms with E-state index in [-0.39, 0.29) is 5.54 Å². The Bertz CT molecular complexity index is 313. The molecular weight excluding hydrogens is 280 g/mol. The predicted octanol–water partition coefficient (Wildman–Crippen LogP) is 3.00. The van der Waals surface area contributed by atoms with Gasteiger partial charge in [0.25, 0.3) is 0 Å². The molecule has 0 amide bonds. The van der Waals surface area contributed by atoms with Crippen molar-refractivity contribution >= 4 is 11.8 Å². The molecule has 4 heteroatoms. The summed E-state index contributed by atoms with van der Waals surface area (Å²) in [5.41, 5.74) is 0.482. The number of ether oxygens (including phenoxy) is 1. The van der Waals surface area contributed by atoms with E-state index >= 15 is 0 Å². The van der Waals surface area contributed by atoms with E-state index in [0.717, 1.165) is 30.3 Å². The van der Waals surface area contributed by atoms with E-state index in [1.807, 2.05) is 0 Å². The van der Waals surface area contributed by atoms with Crippen molar-refractivity contribution in [3.63, 3.8) is 0 Å². The molecule has 1 N–H and O–H groups in total. The van der Waals surface area contributed by atoms with E-state index in [4.69, 9.17) is 4.74 Å². The second-order valence-electron chi connectivity index (χ2n) is 8.21. The Kier molecular flexibility index (Phi) is 6.03. The zero-order chi connectivity index (χ0) is 15.5. The molecule has 21 heavy (non-hydrogen) atoms. The summed E-state index contributed by atoms with van der Waals surface area (Å²) in [6, 6.07) is 0. The Morgan fingerprint density at radius 3 is 2.43 bits per heavy atom. The van der Waals surface area contributed by atoms with Gasteiger partial charge in [-0.25, -0.2) is 0 Å². The van der Waals surface area contributed by atoms with E-state index in [1.54, 1.807) is 0 Å². The largest absolute Gasteiger partial charge is 0.381 e. The van der Waals surface area contributed by atoms with Gasteiger partial charge < -0.3 is 15.0 Å². The van der Waals surface area contributed by atoms with Crippen LogP contribution in [-0.2, 0) is 4.74 Å². The molecule has 0 radical (unpaired) electrons. The van der Waals surface area contributed by atoms with Crippen LogP contribution in [-0.4, -0.2) is 60.3 Å². The van der Waals surface area contributed by atoms with E-state index in [1.165, 1.54) is 32.5 Å². The van der Waals surface area contributed by atoms with Crippen molar-refractivity contribution in [2.75, 3.05) is 39.4 Å². The average molecular weight is 315 g/mol. The van der Waals surface area contributed by atoms with Crippen molar-refractivity contribution in [3.8, 4) is 0 Å². The Balaban J connectivity index is 1.98. The number of hydrogen-bond acceptors (Lipinski definition) is 4. The van der Waals surface area contributed by atoms with E-state index in [0.29, 0.717) is 5.41 Å². The fourth-order valence-corrected chi connectivity index (χ4v) is 4.96. The van der Waals surface area contributed by atoms with Gasteiger partial charge in [-0.15, -0.1) is 0 Å². The fourth-order valence-electron chi connectivity index (χ4n) is 3.57. The number of nitrogens with one attached hydrogen (secondary N) is 1. The molecule has 0 spiro atoms. The first-order valence-electron chi connectivity index (χ1n) is 8.49. The first-order chi connectivity index (χ1) is 9.78. The lowest BCUT2D eigenvalue weighted by Crippen LogP contribution is -2.54. The molecule has 2 aliphatic heterocycles. The molecular formula is C17H34N2OS. The molecule has 3 atom stereocenters. The lowest BCUT2D eigenvalue weighted by Gasteiger charge is -2.45. The van der Waals surface area contributed by atoms with Crippen LogP contribution in [0.15, 0.2) is 0 Å². The second-order valence-corrected chi connectivity index (χ2v) is 10.1. The van der Waals surface area contributed by atoms with Gasteiger partial charge in [0.15, 0.2) is 0 Å². The van der Waals surface area contributed by atoms with Crippen molar-refractivity contribution in [1.29, 1.82) is 0 Å². The van der Waals surface area contributed by atoms with Crippen LogP contribution in [0.2, 0.25) is 0 Å². The Morgan fingerprint density at radius 1 is 1.24 bits per heavy atom. The fraction of sp³-hybridized carbons (Fsp3) is 1.00. The minimum Gasteiger partial charge on any atom is -0.381 e. The van der Waals surface area contributed by atoms with Crippen LogP contribution in [0.5, 0.6) is 0 Å². The molecule has 0 aromatic heterocycles. The smallest absolute Gasteiger partial charge is 0.0546 e. The van der Waals surface area contributed by atoms with Gasteiger partial charge in [0.1, 0.15) is 0 Å². The molecule has 2 aliphatic rings. The van der Waals surface area contributed by atoms with Gasteiger partial charge in [-0.2, -0.15) is 11.8 Å². The van der Waals surface area contributed by atoms with E-state index in [2.05, 4.69) is 56.6 Å². The summed E-state index contributed by atoms with van der Waals surface area (Å²) in [5, 5.41) is 5.24. The molecule has 0 saturated carbocycles. The third kappa shape index (κ3) is 5.74. The van der Waals surface area contributed by atoms with Crippen LogP contribution < -0.4 is 5.32 Å². The SMILES string of the molecule is CC1CN(CC2(CNC(C)(C)C)CCCOC2)CC(C)S1. The van der Waals surface area contributed by atoms with Gasteiger partial charge >= 0.3 is 0 Å². The van der Waals surface area contributed by atoms with Crippen molar-refractivity contribution in [3.05, 3.63) is 0 Å². The zero-order valence-corrected chi connectivity index (χ0v) is 15.4. The highest BCUT2D eigenvalue weighted by Gasteiger charge is 2.37. The molecule has 124 valence electrons. The topological polar surface area (TPSA) is 24.5 Å². The molecule has 0 bridgehead atoms. The number of nitrogens with zero attached hydrogens (tertiary/aromatic N) is 1. The second kappa shape index (κ2) is 7.20. The summed E-state index contributed by atoms with van der Waals surface area (Å²) in [6.07, 6.45) is 2.50. The van der Waals surface area contributed by atoms with Crippen LogP contribution in [0, 0.1) is 5.41 Å². The lowest BCUT2D eigenvalue weighted by atomic mass is 9.81. The average Bonchev–Trinajstić information content (AvgIpc) is 2.35. The number of thioether (sulfide) groups is 1. The highest BCUT2D eigenvalue weighted by molar-refractivity contribution is 8.00. The summed E-state index contributed by atoms with van der Waals surface area (Å²) < 4.78 is 5.87. The van der Waals surface area contributed by atoms with Crippen LogP contribution >= 0.6 is 11.8 Å². The molecule has 0 aromatic rings. The van der Waals surface area contributed by atoms with Crippen molar-refractivity contribution in [2.24, 2.45) is 5.41 Å². The predicted molar refractivity (Wildman–Crippen MR) is 93.2 cm³/mol. The third-order valence-electron chi connectivity index (χ3n) is 4.45. The Morgan fingerprint density at radius 2 is 1.90 bits per heavy atom. The van der Waals surface area contributed by atoms with Gasteiger partial charge in [0, 0.05) is 54.2 Å². The first-order valence-corrected chi connectivity index (χ1v) is 9.43. The van der Waals surface area contributed by atoms with Gasteiger partial charge in [0.05, 0.1) is 6.61 Å². The third-order valence-corrected chi connectivity index (χ3v) is 5.68. The van der Waals surface area contributed by atoms with Crippen LogP contribution in [0.3, 0.4) is 0 Å². The quantitative estimate of drug-likeness (QED) is 0.862. The summed E-state index contributed by atoms with van der Waals surface area (Å²) >= 11 is 2.13. The number of hydrogen-bond donors (Lipinski definition) is 1. The minimum absolute atomic E-state index is 0.183. The first kappa shape index (κ1) is 17.6. The molecule has 2 heterocycles. The maximum absolute atomic E-state index is 5.87. The van der Waals surface area contributed by atoms with Crippen LogP contribution in [0.25, 0.3) is 0 Å². The highest BCUT2D eigenvalue weighted by atomic mass is 32.2. The van der Waals surface area contributed by atoms with Crippen molar-refractivity contribution < 1.29 is 4.74 Å². The summed E-state index contributed by atoms with van der Waals surface area (Å²) in [4.78, 5) is 2.69. The van der Waals surface area contributed by atoms with Crippen LogP contribution in [0.1, 0.15) is 47.5 Å². The van der Waals surface area contributed by atoms with Gasteiger partial charge in [0.2, 0.25) is 0 Å². The molecule has 0 aliphatic carbocycles. The summed E-state index contributed by atoms with van der Waals surface area (Å²) in [5.74, 6) is 0. The maximum Gasteiger partial charge on any atom is 0.0546 e. The summed E-state index contributed by atoms with van der Waals surface area (Å²) in [7, 11) is 0. The van der Waals surface area contributed by atoms with Crippen molar-refractivity contribution in [2.45, 2.75) is 63.5 Å². The van der Waals surface area contributed by atoms with Crippen LogP contribution in [0.4, 0.5) is 0 Å². The Labute approximate surface area is 135 Å². The molecule has 2 saturated heterocycles. The molecule has 0 aromatic carbocycles. The maximum atomic E-state index is 5.87. The standard InChI is InChI=1S/C17H34N2OS/c1-14-9-19(10-15(2)21-14)12-17(7-6-8-20-13-17)11-18-16(3,4)5/h14-15,18H,6-13H2,1-5H3. The van der Waals surface area contributed by atoms with Gasteiger partial charge in [-0.1, -0.05) is 13.8 Å².